The summed E-state index contributed by atoms with van der Waals surface area (Å²) >= 11 is 3.44. The molecule has 0 saturated heterocycles. The Morgan fingerprint density at radius 1 is 1.25 bits per heavy atom. The fourth-order valence-corrected chi connectivity index (χ4v) is 3.34. The van der Waals surface area contributed by atoms with E-state index < -0.39 is 0 Å². The highest BCUT2D eigenvalue weighted by Crippen LogP contribution is 2.39. The molecule has 1 amide bonds. The highest BCUT2D eigenvalue weighted by atomic mass is 79.9. The Balaban J connectivity index is 2.09. The first kappa shape index (κ1) is 16.8. The van der Waals surface area contributed by atoms with Crippen LogP contribution >= 0.6 is 15.9 Å². The van der Waals surface area contributed by atoms with Crippen LogP contribution in [0.5, 0.6) is 11.5 Å². The van der Waals surface area contributed by atoms with Crippen molar-refractivity contribution in [2.45, 2.75) is 19.8 Å². The maximum absolute atomic E-state index is 13.1. The van der Waals surface area contributed by atoms with E-state index in [1.165, 1.54) is 0 Å². The second-order valence-corrected chi connectivity index (χ2v) is 6.54. The summed E-state index contributed by atoms with van der Waals surface area (Å²) in [5.74, 6) is 1.37. The van der Waals surface area contributed by atoms with E-state index in [-0.39, 0.29) is 5.91 Å². The van der Waals surface area contributed by atoms with E-state index in [4.69, 9.17) is 9.47 Å². The summed E-state index contributed by atoms with van der Waals surface area (Å²) in [6.07, 6.45) is 5.08. The predicted molar refractivity (Wildman–Crippen MR) is 96.2 cm³/mol. The molecule has 1 aromatic heterocycles. The van der Waals surface area contributed by atoms with Crippen LogP contribution in [0.4, 0.5) is 5.69 Å². The van der Waals surface area contributed by atoms with E-state index in [2.05, 4.69) is 20.9 Å². The summed E-state index contributed by atoms with van der Waals surface area (Å²) in [4.78, 5) is 19.1. The highest BCUT2D eigenvalue weighted by Gasteiger charge is 2.28. The molecule has 0 aliphatic carbocycles. The Hall–Kier alpha value is -2.08. The molecule has 0 spiro atoms. The number of fused-ring (bicyclic) bond motifs is 1. The number of ether oxygens (including phenoxy) is 2. The van der Waals surface area contributed by atoms with Crippen LogP contribution < -0.4 is 14.4 Å². The number of pyridine rings is 1. The zero-order valence-electron chi connectivity index (χ0n) is 13.9. The number of hydrogen-bond donors (Lipinski definition) is 0. The second kappa shape index (κ2) is 6.81. The van der Waals surface area contributed by atoms with Gasteiger partial charge in [-0.25, -0.2) is 0 Å². The molecule has 1 aromatic carbocycles. The zero-order valence-corrected chi connectivity index (χ0v) is 15.5. The standard InChI is InChI=1S/C18H19BrN2O3/c1-11-14(9-20-10-15(11)19)18(22)21-6-4-5-13-16(21)7-12(23-2)8-17(13)24-3/h7-10H,4-6H2,1-3H3. The number of carbonyl (C=O) groups excluding carboxylic acids is 1. The average Bonchev–Trinajstić information content (AvgIpc) is 2.61. The number of nitrogens with zero attached hydrogens (tertiary/aromatic N) is 2. The molecular formula is C18H19BrN2O3. The van der Waals surface area contributed by atoms with E-state index in [0.29, 0.717) is 17.9 Å². The third-order valence-electron chi connectivity index (χ3n) is 4.34. The number of hydrogen-bond acceptors (Lipinski definition) is 4. The monoisotopic (exact) mass is 390 g/mol. The first-order valence-electron chi connectivity index (χ1n) is 7.73. The topological polar surface area (TPSA) is 51.7 Å². The number of benzene rings is 1. The fraction of sp³-hybridized carbons (Fsp3) is 0.333. The Bertz CT molecular complexity index is 792. The highest BCUT2D eigenvalue weighted by molar-refractivity contribution is 9.10. The van der Waals surface area contributed by atoms with Crippen molar-refractivity contribution < 1.29 is 14.3 Å². The molecule has 0 unspecified atom stereocenters. The van der Waals surface area contributed by atoms with Crippen LogP contribution in [0.25, 0.3) is 0 Å². The number of carbonyl (C=O) groups is 1. The Kier molecular flexibility index (Phi) is 4.76. The third kappa shape index (κ3) is 2.86. The number of halogens is 1. The van der Waals surface area contributed by atoms with Crippen molar-refractivity contribution in [1.29, 1.82) is 0 Å². The van der Waals surface area contributed by atoms with Gasteiger partial charge in [-0.1, -0.05) is 0 Å². The molecule has 0 atom stereocenters. The summed E-state index contributed by atoms with van der Waals surface area (Å²) < 4.78 is 11.7. The van der Waals surface area contributed by atoms with Gasteiger partial charge in [0.2, 0.25) is 0 Å². The van der Waals surface area contributed by atoms with Gasteiger partial charge in [0, 0.05) is 41.1 Å². The Labute approximate surface area is 149 Å². The maximum Gasteiger partial charge on any atom is 0.260 e. The van der Waals surface area contributed by atoms with E-state index in [1.807, 2.05) is 19.1 Å². The minimum atomic E-state index is -0.0578. The molecule has 126 valence electrons. The normalized spacial score (nSPS) is 13.4. The molecule has 6 heteroatoms. The average molecular weight is 391 g/mol. The van der Waals surface area contributed by atoms with E-state index >= 15 is 0 Å². The largest absolute Gasteiger partial charge is 0.497 e. The second-order valence-electron chi connectivity index (χ2n) is 5.68. The third-order valence-corrected chi connectivity index (χ3v) is 5.14. The summed E-state index contributed by atoms with van der Waals surface area (Å²) in [7, 11) is 3.25. The number of aromatic nitrogens is 1. The van der Waals surface area contributed by atoms with Gasteiger partial charge in [0.15, 0.2) is 0 Å². The molecule has 0 bridgehead atoms. The van der Waals surface area contributed by atoms with E-state index in [0.717, 1.165) is 39.9 Å². The van der Waals surface area contributed by atoms with Gasteiger partial charge < -0.3 is 14.4 Å². The quantitative estimate of drug-likeness (QED) is 0.800. The van der Waals surface area contributed by atoms with Crippen LogP contribution in [0, 0.1) is 6.92 Å². The van der Waals surface area contributed by atoms with Gasteiger partial charge in [-0.2, -0.15) is 0 Å². The number of methoxy groups -OCH3 is 2. The molecule has 3 rings (SSSR count). The van der Waals surface area contributed by atoms with Crippen LogP contribution in [0.3, 0.4) is 0 Å². The molecule has 0 N–H and O–H groups in total. The summed E-state index contributed by atoms with van der Waals surface area (Å²) in [6.45, 7) is 2.57. The van der Waals surface area contributed by atoms with Gasteiger partial charge in [0.1, 0.15) is 11.5 Å². The van der Waals surface area contributed by atoms with Crippen LogP contribution in [0.2, 0.25) is 0 Å². The minimum Gasteiger partial charge on any atom is -0.497 e. The first-order valence-corrected chi connectivity index (χ1v) is 8.53. The summed E-state index contributed by atoms with van der Waals surface area (Å²) in [5, 5.41) is 0. The number of rotatable bonds is 3. The maximum atomic E-state index is 13.1. The van der Waals surface area contributed by atoms with Crippen LogP contribution in [0.15, 0.2) is 29.0 Å². The molecule has 0 fully saturated rings. The lowest BCUT2D eigenvalue weighted by atomic mass is 9.99. The molecule has 2 heterocycles. The van der Waals surface area contributed by atoms with Crippen molar-refractivity contribution in [2.24, 2.45) is 0 Å². The minimum absolute atomic E-state index is 0.0578. The van der Waals surface area contributed by atoms with Crippen molar-refractivity contribution >= 4 is 27.5 Å². The molecule has 1 aliphatic rings. The van der Waals surface area contributed by atoms with Gasteiger partial charge >= 0.3 is 0 Å². The van der Waals surface area contributed by atoms with E-state index in [9.17, 15) is 4.79 Å². The first-order chi connectivity index (χ1) is 11.6. The van der Waals surface area contributed by atoms with Crippen LogP contribution in [0.1, 0.15) is 27.9 Å². The molecular weight excluding hydrogens is 372 g/mol. The molecule has 5 nitrogen and oxygen atoms in total. The SMILES string of the molecule is COc1cc(OC)c2c(c1)N(C(=O)c1cncc(Br)c1C)CCC2. The smallest absolute Gasteiger partial charge is 0.260 e. The molecule has 0 radical (unpaired) electrons. The van der Waals surface area contributed by atoms with Crippen LogP contribution in [-0.4, -0.2) is 31.7 Å². The lowest BCUT2D eigenvalue weighted by molar-refractivity contribution is 0.0984. The van der Waals surface area contributed by atoms with E-state index in [1.54, 1.807) is 31.5 Å². The van der Waals surface area contributed by atoms with Crippen molar-refractivity contribution in [3.8, 4) is 11.5 Å². The van der Waals surface area contributed by atoms with Crippen molar-refractivity contribution in [2.75, 3.05) is 25.7 Å². The molecule has 0 saturated carbocycles. The number of amides is 1. The van der Waals surface area contributed by atoms with Crippen molar-refractivity contribution in [3.63, 3.8) is 0 Å². The Morgan fingerprint density at radius 3 is 2.75 bits per heavy atom. The zero-order chi connectivity index (χ0) is 17.3. The van der Waals surface area contributed by atoms with Gasteiger partial charge in [0.25, 0.3) is 5.91 Å². The lowest BCUT2D eigenvalue weighted by Gasteiger charge is -2.31. The molecule has 2 aromatic rings. The number of anilines is 1. The van der Waals surface area contributed by atoms with Crippen molar-refractivity contribution in [3.05, 3.63) is 45.7 Å². The Morgan fingerprint density at radius 2 is 2.04 bits per heavy atom. The van der Waals surface area contributed by atoms with Crippen LogP contribution in [-0.2, 0) is 6.42 Å². The predicted octanol–water partition coefficient (Wildman–Crippen LogP) is 3.76. The van der Waals surface area contributed by atoms with Crippen molar-refractivity contribution in [1.82, 2.24) is 4.98 Å². The van der Waals surface area contributed by atoms with Gasteiger partial charge in [0.05, 0.1) is 25.5 Å². The fourth-order valence-electron chi connectivity index (χ4n) is 3.00. The van der Waals surface area contributed by atoms with Gasteiger partial charge in [-0.3, -0.25) is 9.78 Å². The van der Waals surface area contributed by atoms with Gasteiger partial charge in [-0.05, 0) is 41.3 Å². The molecule has 24 heavy (non-hydrogen) atoms. The lowest BCUT2D eigenvalue weighted by Crippen LogP contribution is -2.36. The van der Waals surface area contributed by atoms with Gasteiger partial charge in [-0.15, -0.1) is 0 Å². The summed E-state index contributed by atoms with van der Waals surface area (Å²) in [5.41, 5.74) is 3.37. The summed E-state index contributed by atoms with van der Waals surface area (Å²) in [6, 6.07) is 3.76. The molecule has 1 aliphatic heterocycles.